The second-order valence-corrected chi connectivity index (χ2v) is 6.35. The summed E-state index contributed by atoms with van der Waals surface area (Å²) >= 11 is 0. The Labute approximate surface area is 122 Å². The van der Waals surface area contributed by atoms with E-state index in [2.05, 4.69) is 55.1 Å². The van der Waals surface area contributed by atoms with Crippen LogP contribution in [0.15, 0.2) is 36.4 Å². The van der Waals surface area contributed by atoms with E-state index in [4.69, 9.17) is 0 Å². The quantitative estimate of drug-likeness (QED) is 0.760. The van der Waals surface area contributed by atoms with E-state index in [0.29, 0.717) is 5.92 Å². The SMILES string of the molecule is CC(C)c1ccc(CN2CCCCC2)c2ccccc12. The van der Waals surface area contributed by atoms with Crippen molar-refractivity contribution in [3.63, 3.8) is 0 Å². The molecule has 0 atom stereocenters. The summed E-state index contributed by atoms with van der Waals surface area (Å²) in [5.41, 5.74) is 2.97. The van der Waals surface area contributed by atoms with E-state index in [1.54, 1.807) is 0 Å². The van der Waals surface area contributed by atoms with E-state index in [1.165, 1.54) is 54.3 Å². The summed E-state index contributed by atoms with van der Waals surface area (Å²) in [5.74, 6) is 0.587. The fourth-order valence-electron chi connectivity index (χ4n) is 3.38. The van der Waals surface area contributed by atoms with Crippen LogP contribution in [-0.4, -0.2) is 18.0 Å². The van der Waals surface area contributed by atoms with Crippen LogP contribution in [0.1, 0.15) is 50.2 Å². The van der Waals surface area contributed by atoms with Gasteiger partial charge in [0.1, 0.15) is 0 Å². The Morgan fingerprint density at radius 2 is 1.60 bits per heavy atom. The predicted molar refractivity (Wildman–Crippen MR) is 87.2 cm³/mol. The fraction of sp³-hybridized carbons (Fsp3) is 0.474. The molecule has 1 fully saturated rings. The van der Waals surface area contributed by atoms with Crippen LogP contribution in [-0.2, 0) is 6.54 Å². The van der Waals surface area contributed by atoms with Gasteiger partial charge in [-0.3, -0.25) is 4.90 Å². The highest BCUT2D eigenvalue weighted by Crippen LogP contribution is 2.29. The molecular formula is C19H25N. The lowest BCUT2D eigenvalue weighted by Gasteiger charge is -2.27. The highest BCUT2D eigenvalue weighted by Gasteiger charge is 2.13. The number of fused-ring (bicyclic) bond motifs is 1. The summed E-state index contributed by atoms with van der Waals surface area (Å²) in [6.07, 6.45) is 4.13. The maximum absolute atomic E-state index is 2.61. The summed E-state index contributed by atoms with van der Waals surface area (Å²) in [5, 5.41) is 2.89. The van der Waals surface area contributed by atoms with Gasteiger partial charge in [0.25, 0.3) is 0 Å². The van der Waals surface area contributed by atoms with Crippen LogP contribution in [0.2, 0.25) is 0 Å². The third kappa shape index (κ3) is 2.73. The van der Waals surface area contributed by atoms with Gasteiger partial charge in [-0.1, -0.05) is 56.7 Å². The molecule has 3 rings (SSSR count). The first kappa shape index (κ1) is 13.6. The van der Waals surface area contributed by atoms with E-state index >= 15 is 0 Å². The molecule has 20 heavy (non-hydrogen) atoms. The van der Waals surface area contributed by atoms with Gasteiger partial charge < -0.3 is 0 Å². The van der Waals surface area contributed by atoms with Crippen LogP contribution in [0.4, 0.5) is 0 Å². The second kappa shape index (κ2) is 5.97. The molecular weight excluding hydrogens is 242 g/mol. The monoisotopic (exact) mass is 267 g/mol. The van der Waals surface area contributed by atoms with Crippen molar-refractivity contribution in [2.45, 2.75) is 45.6 Å². The first-order valence-corrected chi connectivity index (χ1v) is 7.98. The number of hydrogen-bond donors (Lipinski definition) is 0. The smallest absolute Gasteiger partial charge is 0.0239 e. The zero-order valence-electron chi connectivity index (χ0n) is 12.7. The van der Waals surface area contributed by atoms with Gasteiger partial charge in [0.05, 0.1) is 0 Å². The number of rotatable bonds is 3. The minimum atomic E-state index is 0.587. The van der Waals surface area contributed by atoms with Gasteiger partial charge in [-0.15, -0.1) is 0 Å². The molecule has 1 aliphatic rings. The summed E-state index contributed by atoms with van der Waals surface area (Å²) in [4.78, 5) is 2.61. The molecule has 0 aliphatic carbocycles. The average Bonchev–Trinajstić information content (AvgIpc) is 2.48. The highest BCUT2D eigenvalue weighted by atomic mass is 15.1. The normalized spacial score (nSPS) is 16.9. The van der Waals surface area contributed by atoms with Crippen molar-refractivity contribution in [2.75, 3.05) is 13.1 Å². The Morgan fingerprint density at radius 1 is 0.900 bits per heavy atom. The van der Waals surface area contributed by atoms with Gasteiger partial charge in [-0.05, 0) is 53.7 Å². The highest BCUT2D eigenvalue weighted by molar-refractivity contribution is 5.89. The maximum Gasteiger partial charge on any atom is 0.0239 e. The van der Waals surface area contributed by atoms with E-state index in [9.17, 15) is 0 Å². The van der Waals surface area contributed by atoms with Gasteiger partial charge in [-0.2, -0.15) is 0 Å². The van der Waals surface area contributed by atoms with Gasteiger partial charge in [0.2, 0.25) is 0 Å². The Balaban J connectivity index is 1.97. The Hall–Kier alpha value is -1.34. The summed E-state index contributed by atoms with van der Waals surface area (Å²) in [6.45, 7) is 8.21. The van der Waals surface area contributed by atoms with E-state index in [0.717, 1.165) is 6.54 Å². The molecule has 0 aromatic heterocycles. The lowest BCUT2D eigenvalue weighted by molar-refractivity contribution is 0.221. The molecule has 1 nitrogen and oxygen atoms in total. The average molecular weight is 267 g/mol. The van der Waals surface area contributed by atoms with Gasteiger partial charge >= 0.3 is 0 Å². The van der Waals surface area contributed by atoms with E-state index < -0.39 is 0 Å². The largest absolute Gasteiger partial charge is 0.299 e. The van der Waals surface area contributed by atoms with Crippen molar-refractivity contribution in [1.29, 1.82) is 0 Å². The standard InChI is InChI=1S/C19H25N/c1-15(2)17-11-10-16(14-20-12-6-3-7-13-20)18-8-4-5-9-19(17)18/h4-5,8-11,15H,3,6-7,12-14H2,1-2H3. The van der Waals surface area contributed by atoms with E-state index in [1.807, 2.05) is 0 Å². The number of likely N-dealkylation sites (tertiary alicyclic amines) is 1. The zero-order chi connectivity index (χ0) is 13.9. The molecule has 0 saturated carbocycles. The second-order valence-electron chi connectivity index (χ2n) is 6.35. The molecule has 0 spiro atoms. The molecule has 2 aromatic rings. The molecule has 106 valence electrons. The fourth-order valence-corrected chi connectivity index (χ4v) is 3.38. The molecule has 1 aliphatic heterocycles. The Morgan fingerprint density at radius 3 is 2.30 bits per heavy atom. The summed E-state index contributed by atoms with van der Waals surface area (Å²) in [7, 11) is 0. The van der Waals surface area contributed by atoms with Crippen molar-refractivity contribution in [3.05, 3.63) is 47.5 Å². The number of piperidine rings is 1. The molecule has 0 radical (unpaired) electrons. The van der Waals surface area contributed by atoms with Crippen LogP contribution in [0.5, 0.6) is 0 Å². The molecule has 2 aromatic carbocycles. The first-order chi connectivity index (χ1) is 9.75. The van der Waals surface area contributed by atoms with Crippen molar-refractivity contribution in [3.8, 4) is 0 Å². The number of benzene rings is 2. The number of nitrogens with zero attached hydrogens (tertiary/aromatic N) is 1. The van der Waals surface area contributed by atoms with Crippen LogP contribution in [0, 0.1) is 0 Å². The third-order valence-electron chi connectivity index (χ3n) is 4.51. The minimum Gasteiger partial charge on any atom is -0.299 e. The Bertz CT molecular complexity index is 579. The van der Waals surface area contributed by atoms with E-state index in [-0.39, 0.29) is 0 Å². The predicted octanol–water partition coefficient (Wildman–Crippen LogP) is 4.95. The molecule has 0 bridgehead atoms. The summed E-state index contributed by atoms with van der Waals surface area (Å²) in [6, 6.07) is 13.6. The molecule has 0 amide bonds. The van der Waals surface area contributed by atoms with Crippen molar-refractivity contribution in [2.24, 2.45) is 0 Å². The van der Waals surface area contributed by atoms with Crippen LogP contribution in [0.3, 0.4) is 0 Å². The van der Waals surface area contributed by atoms with Crippen molar-refractivity contribution >= 4 is 10.8 Å². The van der Waals surface area contributed by atoms with Gasteiger partial charge in [-0.25, -0.2) is 0 Å². The van der Waals surface area contributed by atoms with Gasteiger partial charge in [0, 0.05) is 6.54 Å². The maximum atomic E-state index is 2.61. The topological polar surface area (TPSA) is 3.24 Å². The molecule has 0 N–H and O–H groups in total. The molecule has 0 unspecified atom stereocenters. The number of hydrogen-bond acceptors (Lipinski definition) is 1. The van der Waals surface area contributed by atoms with Gasteiger partial charge in [0.15, 0.2) is 0 Å². The molecule has 1 saturated heterocycles. The lowest BCUT2D eigenvalue weighted by Crippen LogP contribution is -2.29. The molecule has 1 heteroatoms. The van der Waals surface area contributed by atoms with Crippen LogP contribution in [0.25, 0.3) is 10.8 Å². The first-order valence-electron chi connectivity index (χ1n) is 7.98. The zero-order valence-corrected chi connectivity index (χ0v) is 12.7. The van der Waals surface area contributed by atoms with Crippen molar-refractivity contribution < 1.29 is 0 Å². The lowest BCUT2D eigenvalue weighted by atomic mass is 9.93. The van der Waals surface area contributed by atoms with Crippen molar-refractivity contribution in [1.82, 2.24) is 4.90 Å². The Kier molecular flexibility index (Phi) is 4.07. The van der Waals surface area contributed by atoms with Crippen LogP contribution < -0.4 is 0 Å². The molecule has 1 heterocycles. The third-order valence-corrected chi connectivity index (χ3v) is 4.51. The minimum absolute atomic E-state index is 0.587. The summed E-state index contributed by atoms with van der Waals surface area (Å²) < 4.78 is 0. The van der Waals surface area contributed by atoms with Crippen LogP contribution >= 0.6 is 0 Å².